The van der Waals surface area contributed by atoms with Crippen molar-refractivity contribution < 1.29 is 14.0 Å². The number of carbonyl (C=O) groups excluding carboxylic acids is 2. The molecular formula is C21H16ClFN2O2. The highest BCUT2D eigenvalue weighted by atomic mass is 35.5. The smallest absolute Gasteiger partial charge is 0.257 e. The van der Waals surface area contributed by atoms with E-state index in [-0.39, 0.29) is 22.7 Å². The quantitative estimate of drug-likeness (QED) is 0.674. The Kier molecular flexibility index (Phi) is 5.84. The molecule has 0 heterocycles. The van der Waals surface area contributed by atoms with Gasteiger partial charge in [-0.15, -0.1) is 0 Å². The largest absolute Gasteiger partial charge is 0.348 e. The molecule has 0 saturated heterocycles. The Morgan fingerprint density at radius 2 is 1.48 bits per heavy atom. The molecule has 0 unspecified atom stereocenters. The summed E-state index contributed by atoms with van der Waals surface area (Å²) < 4.78 is 14.2. The summed E-state index contributed by atoms with van der Waals surface area (Å²) in [7, 11) is 0. The third kappa shape index (κ3) is 4.71. The van der Waals surface area contributed by atoms with E-state index in [1.54, 1.807) is 24.3 Å². The number of amides is 2. The molecule has 0 radical (unpaired) electrons. The topological polar surface area (TPSA) is 58.2 Å². The number of benzene rings is 3. The highest BCUT2D eigenvalue weighted by molar-refractivity contribution is 6.34. The molecule has 2 N–H and O–H groups in total. The molecule has 0 bridgehead atoms. The van der Waals surface area contributed by atoms with E-state index >= 15 is 0 Å². The molecule has 6 heteroatoms. The Balaban J connectivity index is 1.78. The first kappa shape index (κ1) is 18.6. The molecule has 27 heavy (non-hydrogen) atoms. The van der Waals surface area contributed by atoms with Crippen LogP contribution in [0.4, 0.5) is 10.1 Å². The zero-order valence-electron chi connectivity index (χ0n) is 14.2. The predicted molar refractivity (Wildman–Crippen MR) is 103 cm³/mol. The summed E-state index contributed by atoms with van der Waals surface area (Å²) in [6, 6.07) is 20.1. The van der Waals surface area contributed by atoms with E-state index in [2.05, 4.69) is 10.6 Å². The third-order valence-corrected chi connectivity index (χ3v) is 4.19. The van der Waals surface area contributed by atoms with E-state index in [1.165, 1.54) is 0 Å². The molecule has 3 aromatic carbocycles. The van der Waals surface area contributed by atoms with Gasteiger partial charge in [0.2, 0.25) is 0 Å². The van der Waals surface area contributed by atoms with Gasteiger partial charge in [-0.2, -0.15) is 0 Å². The molecule has 3 aromatic rings. The first-order valence-corrected chi connectivity index (χ1v) is 8.60. The van der Waals surface area contributed by atoms with Crippen molar-refractivity contribution in [3.63, 3.8) is 0 Å². The molecule has 0 spiro atoms. The summed E-state index contributed by atoms with van der Waals surface area (Å²) in [6.07, 6.45) is 0. The van der Waals surface area contributed by atoms with Crippen molar-refractivity contribution >= 4 is 29.1 Å². The van der Waals surface area contributed by atoms with Gasteiger partial charge < -0.3 is 10.6 Å². The summed E-state index contributed by atoms with van der Waals surface area (Å²) in [5.41, 5.74) is 1.22. The summed E-state index contributed by atoms with van der Waals surface area (Å²) in [5, 5.41) is 5.23. The average Bonchev–Trinajstić information content (AvgIpc) is 2.67. The van der Waals surface area contributed by atoms with E-state index in [9.17, 15) is 14.0 Å². The molecule has 136 valence electrons. The Hall–Kier alpha value is -3.18. The standard InChI is InChI=1S/C21H16ClFN2O2/c22-18-12-19(23)17(20(26)24-13-14-7-3-1-4-8-14)11-16(18)21(27)25-15-9-5-2-6-10-15/h1-12H,13H2,(H,24,26)(H,25,27). The molecule has 4 nitrogen and oxygen atoms in total. The Morgan fingerprint density at radius 1 is 0.852 bits per heavy atom. The molecule has 0 atom stereocenters. The number of hydrogen-bond acceptors (Lipinski definition) is 2. The number of para-hydroxylation sites is 1. The van der Waals surface area contributed by atoms with Crippen LogP contribution < -0.4 is 10.6 Å². The van der Waals surface area contributed by atoms with Crippen molar-refractivity contribution in [1.29, 1.82) is 0 Å². The number of halogens is 2. The molecule has 0 aromatic heterocycles. The van der Waals surface area contributed by atoms with Crippen molar-refractivity contribution in [2.45, 2.75) is 6.54 Å². The van der Waals surface area contributed by atoms with Crippen LogP contribution in [0.5, 0.6) is 0 Å². The zero-order chi connectivity index (χ0) is 19.2. The second-order valence-corrected chi connectivity index (χ2v) is 6.21. The van der Waals surface area contributed by atoms with E-state index < -0.39 is 17.6 Å². The minimum atomic E-state index is -0.790. The Labute approximate surface area is 161 Å². The molecule has 3 rings (SSSR count). The lowest BCUT2D eigenvalue weighted by Crippen LogP contribution is -2.24. The first-order chi connectivity index (χ1) is 13.0. The normalized spacial score (nSPS) is 10.3. The number of rotatable bonds is 5. The minimum absolute atomic E-state index is 0.0202. The molecular weight excluding hydrogens is 367 g/mol. The maximum Gasteiger partial charge on any atom is 0.257 e. The van der Waals surface area contributed by atoms with Gasteiger partial charge in [0.15, 0.2) is 0 Å². The van der Waals surface area contributed by atoms with Crippen LogP contribution >= 0.6 is 11.6 Å². The van der Waals surface area contributed by atoms with Crippen LogP contribution in [0, 0.1) is 5.82 Å². The van der Waals surface area contributed by atoms with Crippen LogP contribution in [-0.4, -0.2) is 11.8 Å². The molecule has 0 aliphatic rings. The lowest BCUT2D eigenvalue weighted by molar-refractivity contribution is 0.0947. The lowest BCUT2D eigenvalue weighted by Gasteiger charge is -2.11. The van der Waals surface area contributed by atoms with Crippen LogP contribution in [0.2, 0.25) is 5.02 Å². The van der Waals surface area contributed by atoms with E-state index in [1.807, 2.05) is 36.4 Å². The molecule has 2 amide bonds. The summed E-state index contributed by atoms with van der Waals surface area (Å²) in [4.78, 5) is 24.8. The Bertz CT molecular complexity index is 963. The van der Waals surface area contributed by atoms with Gasteiger partial charge >= 0.3 is 0 Å². The fourth-order valence-electron chi connectivity index (χ4n) is 2.49. The van der Waals surface area contributed by atoms with Gasteiger partial charge in [-0.25, -0.2) is 4.39 Å². The average molecular weight is 383 g/mol. The number of anilines is 1. The van der Waals surface area contributed by atoms with Gasteiger partial charge in [-0.3, -0.25) is 9.59 Å². The van der Waals surface area contributed by atoms with Crippen molar-refractivity contribution in [2.24, 2.45) is 0 Å². The van der Waals surface area contributed by atoms with Crippen LogP contribution in [0.15, 0.2) is 72.8 Å². The van der Waals surface area contributed by atoms with Gasteiger partial charge in [0.25, 0.3) is 11.8 Å². The van der Waals surface area contributed by atoms with Crippen molar-refractivity contribution in [1.82, 2.24) is 5.32 Å². The Morgan fingerprint density at radius 3 is 2.15 bits per heavy atom. The summed E-state index contributed by atoms with van der Waals surface area (Å²) in [6.45, 7) is 0.243. The van der Waals surface area contributed by atoms with E-state index in [0.29, 0.717) is 5.69 Å². The lowest BCUT2D eigenvalue weighted by atomic mass is 10.1. The number of hydrogen-bond donors (Lipinski definition) is 2. The van der Waals surface area contributed by atoms with Gasteiger partial charge in [-0.1, -0.05) is 60.1 Å². The van der Waals surface area contributed by atoms with Gasteiger partial charge in [0.05, 0.1) is 16.1 Å². The van der Waals surface area contributed by atoms with Crippen LogP contribution in [0.3, 0.4) is 0 Å². The molecule has 0 aliphatic heterocycles. The molecule has 0 aliphatic carbocycles. The zero-order valence-corrected chi connectivity index (χ0v) is 15.0. The van der Waals surface area contributed by atoms with Crippen molar-refractivity contribution in [3.05, 3.63) is 100 Å². The van der Waals surface area contributed by atoms with Crippen LogP contribution in [-0.2, 0) is 6.54 Å². The number of carbonyl (C=O) groups is 2. The van der Waals surface area contributed by atoms with Crippen LogP contribution in [0.1, 0.15) is 26.3 Å². The molecule has 0 fully saturated rings. The fourth-order valence-corrected chi connectivity index (χ4v) is 2.73. The second-order valence-electron chi connectivity index (χ2n) is 5.80. The van der Waals surface area contributed by atoms with Crippen molar-refractivity contribution in [3.8, 4) is 0 Å². The van der Waals surface area contributed by atoms with E-state index in [4.69, 9.17) is 11.6 Å². The minimum Gasteiger partial charge on any atom is -0.348 e. The fraction of sp³-hybridized carbons (Fsp3) is 0.0476. The maximum absolute atomic E-state index is 14.2. The molecule has 0 saturated carbocycles. The second kappa shape index (κ2) is 8.47. The monoisotopic (exact) mass is 382 g/mol. The van der Waals surface area contributed by atoms with Gasteiger partial charge in [0.1, 0.15) is 5.82 Å². The highest BCUT2D eigenvalue weighted by Crippen LogP contribution is 2.22. The predicted octanol–water partition coefficient (Wildman–Crippen LogP) is 4.66. The third-order valence-electron chi connectivity index (χ3n) is 3.87. The first-order valence-electron chi connectivity index (χ1n) is 8.22. The highest BCUT2D eigenvalue weighted by Gasteiger charge is 2.19. The number of nitrogens with one attached hydrogen (secondary N) is 2. The SMILES string of the molecule is O=C(NCc1ccccc1)c1cc(C(=O)Nc2ccccc2)c(Cl)cc1F. The summed E-state index contributed by atoms with van der Waals surface area (Å²) in [5.74, 6) is -1.94. The van der Waals surface area contributed by atoms with Crippen LogP contribution in [0.25, 0.3) is 0 Å². The van der Waals surface area contributed by atoms with E-state index in [0.717, 1.165) is 17.7 Å². The van der Waals surface area contributed by atoms with Gasteiger partial charge in [0, 0.05) is 12.2 Å². The van der Waals surface area contributed by atoms with Crippen molar-refractivity contribution in [2.75, 3.05) is 5.32 Å². The maximum atomic E-state index is 14.2. The van der Waals surface area contributed by atoms with Gasteiger partial charge in [-0.05, 0) is 29.8 Å². The summed E-state index contributed by atoms with van der Waals surface area (Å²) >= 11 is 6.01.